The van der Waals surface area contributed by atoms with Gasteiger partial charge < -0.3 is 14.6 Å². The Labute approximate surface area is 200 Å². The van der Waals surface area contributed by atoms with E-state index < -0.39 is 0 Å². The molecule has 1 unspecified atom stereocenters. The number of para-hydroxylation sites is 2. The number of rotatable bonds is 7. The zero-order valence-electron chi connectivity index (χ0n) is 17.8. The minimum Gasteiger partial charge on any atom is -0.492 e. The first kappa shape index (κ1) is 22.4. The molecule has 0 aliphatic carbocycles. The molecule has 0 spiro atoms. The second-order valence-corrected chi connectivity index (χ2v) is 8.89. The maximum absolute atomic E-state index is 12.7. The van der Waals surface area contributed by atoms with Crippen LogP contribution in [-0.4, -0.2) is 22.1 Å². The van der Waals surface area contributed by atoms with Crippen molar-refractivity contribution in [1.29, 1.82) is 0 Å². The molecule has 32 heavy (non-hydrogen) atoms. The Morgan fingerprint density at radius 3 is 2.66 bits per heavy atom. The van der Waals surface area contributed by atoms with E-state index in [1.165, 1.54) is 0 Å². The second kappa shape index (κ2) is 9.76. The molecular formula is C25H23BrClN3O2. The lowest BCUT2D eigenvalue weighted by Gasteiger charge is -2.17. The predicted octanol–water partition coefficient (Wildman–Crippen LogP) is 6.33. The van der Waals surface area contributed by atoms with Crippen LogP contribution in [0.1, 0.15) is 34.7 Å². The summed E-state index contributed by atoms with van der Waals surface area (Å²) >= 11 is 9.50. The molecule has 4 aromatic rings. The SMILES string of the molecule is Cc1cc(OCCn2c(C(C)NC(=O)c3ccc(Br)cc3)nc3ccccc32)ccc1Cl. The van der Waals surface area contributed by atoms with E-state index in [0.29, 0.717) is 18.7 Å². The molecule has 3 aromatic carbocycles. The third kappa shape index (κ3) is 4.97. The fourth-order valence-corrected chi connectivity index (χ4v) is 3.95. The lowest BCUT2D eigenvalue weighted by atomic mass is 10.2. The van der Waals surface area contributed by atoms with Crippen LogP contribution in [0.4, 0.5) is 0 Å². The number of carbonyl (C=O) groups excluding carboxylic acids is 1. The summed E-state index contributed by atoms with van der Waals surface area (Å²) in [7, 11) is 0. The van der Waals surface area contributed by atoms with Crippen LogP contribution in [0.2, 0.25) is 5.02 Å². The monoisotopic (exact) mass is 511 g/mol. The minimum atomic E-state index is -0.281. The highest BCUT2D eigenvalue weighted by molar-refractivity contribution is 9.10. The maximum atomic E-state index is 12.7. The molecule has 0 aliphatic rings. The number of amides is 1. The molecule has 1 N–H and O–H groups in total. The molecule has 1 heterocycles. The van der Waals surface area contributed by atoms with Gasteiger partial charge in [0.2, 0.25) is 0 Å². The number of nitrogens with zero attached hydrogens (tertiary/aromatic N) is 2. The lowest BCUT2D eigenvalue weighted by Crippen LogP contribution is -2.29. The largest absolute Gasteiger partial charge is 0.492 e. The van der Waals surface area contributed by atoms with Crippen LogP contribution in [0.5, 0.6) is 5.75 Å². The van der Waals surface area contributed by atoms with Crippen molar-refractivity contribution in [3.8, 4) is 5.75 Å². The van der Waals surface area contributed by atoms with Gasteiger partial charge in [0.05, 0.1) is 23.6 Å². The summed E-state index contributed by atoms with van der Waals surface area (Å²) in [6, 6.07) is 20.6. The molecule has 0 radical (unpaired) electrons. The number of fused-ring (bicyclic) bond motifs is 1. The number of aromatic nitrogens is 2. The number of imidazole rings is 1. The van der Waals surface area contributed by atoms with Crippen LogP contribution in [-0.2, 0) is 6.54 Å². The van der Waals surface area contributed by atoms with Gasteiger partial charge in [-0.2, -0.15) is 0 Å². The van der Waals surface area contributed by atoms with Crippen molar-refractivity contribution in [2.75, 3.05) is 6.61 Å². The average Bonchev–Trinajstić information content (AvgIpc) is 3.15. The number of hydrogen-bond donors (Lipinski definition) is 1. The highest BCUT2D eigenvalue weighted by Crippen LogP contribution is 2.23. The Hall–Kier alpha value is -2.83. The van der Waals surface area contributed by atoms with Gasteiger partial charge in [-0.05, 0) is 74.0 Å². The number of benzene rings is 3. The Kier molecular flexibility index (Phi) is 6.82. The molecule has 4 rings (SSSR count). The zero-order chi connectivity index (χ0) is 22.7. The fraction of sp³-hybridized carbons (Fsp3) is 0.200. The Morgan fingerprint density at radius 1 is 1.16 bits per heavy atom. The van der Waals surface area contributed by atoms with Gasteiger partial charge in [0, 0.05) is 15.1 Å². The molecule has 0 aliphatic heterocycles. The minimum absolute atomic E-state index is 0.142. The van der Waals surface area contributed by atoms with E-state index in [2.05, 4.69) is 25.8 Å². The first-order valence-corrected chi connectivity index (χ1v) is 11.5. The van der Waals surface area contributed by atoms with Crippen molar-refractivity contribution in [3.63, 3.8) is 0 Å². The number of halogens is 2. The normalized spacial score (nSPS) is 12.0. The van der Waals surface area contributed by atoms with Gasteiger partial charge in [-0.15, -0.1) is 0 Å². The van der Waals surface area contributed by atoms with Crippen molar-refractivity contribution >= 4 is 44.5 Å². The van der Waals surface area contributed by atoms with Crippen molar-refractivity contribution in [3.05, 3.63) is 93.2 Å². The van der Waals surface area contributed by atoms with Crippen molar-refractivity contribution < 1.29 is 9.53 Å². The number of nitrogens with one attached hydrogen (secondary N) is 1. The predicted molar refractivity (Wildman–Crippen MR) is 131 cm³/mol. The quantitative estimate of drug-likeness (QED) is 0.315. The van der Waals surface area contributed by atoms with Gasteiger partial charge >= 0.3 is 0 Å². The molecule has 164 valence electrons. The molecule has 0 bridgehead atoms. The van der Waals surface area contributed by atoms with Crippen LogP contribution in [0.3, 0.4) is 0 Å². The highest BCUT2D eigenvalue weighted by Gasteiger charge is 2.19. The molecular weight excluding hydrogens is 490 g/mol. The Bertz CT molecular complexity index is 1250. The van der Waals surface area contributed by atoms with Crippen LogP contribution in [0.15, 0.2) is 71.2 Å². The third-order valence-corrected chi connectivity index (χ3v) is 6.19. The first-order chi connectivity index (χ1) is 15.4. The van der Waals surface area contributed by atoms with E-state index in [9.17, 15) is 4.79 Å². The molecule has 1 atom stereocenters. The zero-order valence-corrected chi connectivity index (χ0v) is 20.2. The second-order valence-electron chi connectivity index (χ2n) is 7.57. The Morgan fingerprint density at radius 2 is 1.91 bits per heavy atom. The molecule has 0 saturated carbocycles. The summed E-state index contributed by atoms with van der Waals surface area (Å²) in [5.41, 5.74) is 3.46. The van der Waals surface area contributed by atoms with Crippen molar-refractivity contribution in [2.24, 2.45) is 0 Å². The molecule has 5 nitrogen and oxygen atoms in total. The van der Waals surface area contributed by atoms with E-state index >= 15 is 0 Å². The van der Waals surface area contributed by atoms with Gasteiger partial charge in [-0.3, -0.25) is 4.79 Å². The van der Waals surface area contributed by atoms with Crippen LogP contribution in [0, 0.1) is 6.92 Å². The first-order valence-electron chi connectivity index (χ1n) is 10.3. The fourth-order valence-electron chi connectivity index (χ4n) is 3.57. The molecule has 0 saturated heterocycles. The van der Waals surface area contributed by atoms with E-state index in [0.717, 1.165) is 37.7 Å². The van der Waals surface area contributed by atoms with Crippen LogP contribution < -0.4 is 10.1 Å². The lowest BCUT2D eigenvalue weighted by molar-refractivity contribution is 0.0937. The molecule has 1 amide bonds. The summed E-state index contributed by atoms with van der Waals surface area (Å²) in [5, 5.41) is 3.78. The van der Waals surface area contributed by atoms with E-state index in [1.54, 1.807) is 12.1 Å². The van der Waals surface area contributed by atoms with Gasteiger partial charge in [0.25, 0.3) is 5.91 Å². The molecule has 0 fully saturated rings. The van der Waals surface area contributed by atoms with E-state index in [1.807, 2.05) is 68.4 Å². The van der Waals surface area contributed by atoms with Crippen LogP contribution in [0.25, 0.3) is 11.0 Å². The molecule has 7 heteroatoms. The topological polar surface area (TPSA) is 56.1 Å². The smallest absolute Gasteiger partial charge is 0.251 e. The number of hydrogen-bond acceptors (Lipinski definition) is 3. The van der Waals surface area contributed by atoms with Crippen molar-refractivity contribution in [1.82, 2.24) is 14.9 Å². The van der Waals surface area contributed by atoms with Gasteiger partial charge in [-0.1, -0.05) is 39.7 Å². The summed E-state index contributed by atoms with van der Waals surface area (Å²) < 4.78 is 8.99. The number of carbonyl (C=O) groups is 1. The summed E-state index contributed by atoms with van der Waals surface area (Å²) in [4.78, 5) is 17.5. The van der Waals surface area contributed by atoms with Crippen molar-refractivity contribution in [2.45, 2.75) is 26.4 Å². The highest BCUT2D eigenvalue weighted by atomic mass is 79.9. The van der Waals surface area contributed by atoms with Gasteiger partial charge in [0.1, 0.15) is 18.2 Å². The summed E-state index contributed by atoms with van der Waals surface area (Å²) in [6.07, 6.45) is 0. The Balaban J connectivity index is 1.53. The number of ether oxygens (including phenoxy) is 1. The van der Waals surface area contributed by atoms with E-state index in [4.69, 9.17) is 21.3 Å². The number of aryl methyl sites for hydroxylation is 1. The molecule has 1 aromatic heterocycles. The van der Waals surface area contributed by atoms with Gasteiger partial charge in [0.15, 0.2) is 0 Å². The third-order valence-electron chi connectivity index (χ3n) is 5.24. The summed E-state index contributed by atoms with van der Waals surface area (Å²) in [6.45, 7) is 4.95. The maximum Gasteiger partial charge on any atom is 0.251 e. The van der Waals surface area contributed by atoms with Gasteiger partial charge in [-0.25, -0.2) is 4.98 Å². The summed E-state index contributed by atoms with van der Waals surface area (Å²) in [5.74, 6) is 1.42. The van der Waals surface area contributed by atoms with Crippen LogP contribution >= 0.6 is 27.5 Å². The standard InChI is InChI=1S/C25H23BrClN3O2/c1-16-15-20(11-12-21(16)27)32-14-13-30-23-6-4-3-5-22(23)29-24(30)17(2)28-25(31)18-7-9-19(26)10-8-18/h3-12,15,17H,13-14H2,1-2H3,(H,28,31). The van der Waals surface area contributed by atoms with E-state index in [-0.39, 0.29) is 11.9 Å². The average molecular weight is 513 g/mol.